The molecular weight excluding hydrogens is 373 g/mol. The summed E-state index contributed by atoms with van der Waals surface area (Å²) in [6.45, 7) is 0.388. The Bertz CT molecular complexity index is 1090. The molecule has 1 aliphatic heterocycles. The molecule has 0 atom stereocenters. The van der Waals surface area contributed by atoms with Gasteiger partial charge in [0.05, 0.1) is 11.3 Å². The van der Waals surface area contributed by atoms with Crippen molar-refractivity contribution in [2.45, 2.75) is 6.61 Å². The lowest BCUT2D eigenvalue weighted by molar-refractivity contribution is -0.121. The molecule has 1 N–H and O–H groups in total. The minimum Gasteiger partial charge on any atom is -0.502 e. The Morgan fingerprint density at radius 2 is 1.48 bits per heavy atom. The van der Waals surface area contributed by atoms with Crippen LogP contribution in [0.1, 0.15) is 11.1 Å². The van der Waals surface area contributed by atoms with Gasteiger partial charge < -0.3 is 9.84 Å². The van der Waals surface area contributed by atoms with Crippen molar-refractivity contribution in [1.82, 2.24) is 0 Å². The van der Waals surface area contributed by atoms with Gasteiger partial charge in [-0.15, -0.1) is 0 Å². The molecule has 4 rings (SSSR count). The number of ether oxygens (including phenoxy) is 1. The van der Waals surface area contributed by atoms with E-state index in [0.29, 0.717) is 18.0 Å². The average Bonchev–Trinajstić information content (AvgIpc) is 2.97. The first kappa shape index (κ1) is 18.4. The minimum absolute atomic E-state index is 0.153. The van der Waals surface area contributed by atoms with Crippen LogP contribution in [0.2, 0.25) is 0 Å². The molecule has 0 fully saturated rings. The second-order valence-corrected chi connectivity index (χ2v) is 6.44. The quantitative estimate of drug-likeness (QED) is 0.663. The van der Waals surface area contributed by atoms with E-state index >= 15 is 0 Å². The number of amides is 2. The van der Waals surface area contributed by atoms with E-state index in [1.165, 1.54) is 12.1 Å². The van der Waals surface area contributed by atoms with Crippen molar-refractivity contribution >= 4 is 23.1 Å². The third-order valence-corrected chi connectivity index (χ3v) is 4.54. The molecule has 1 heterocycles. The molecule has 5 nitrogen and oxygen atoms in total. The fraction of sp³-hybridized carbons (Fsp3) is 0.0435. The Balaban J connectivity index is 1.52. The largest absolute Gasteiger partial charge is 0.502 e. The monoisotopic (exact) mass is 389 g/mol. The number of benzene rings is 3. The summed E-state index contributed by atoms with van der Waals surface area (Å²) in [7, 11) is 0. The van der Waals surface area contributed by atoms with Gasteiger partial charge in [-0.3, -0.25) is 9.59 Å². The van der Waals surface area contributed by atoms with Crippen LogP contribution in [-0.4, -0.2) is 16.9 Å². The van der Waals surface area contributed by atoms with E-state index in [2.05, 4.69) is 0 Å². The van der Waals surface area contributed by atoms with Crippen molar-refractivity contribution in [2.75, 3.05) is 4.90 Å². The van der Waals surface area contributed by atoms with Crippen molar-refractivity contribution < 1.29 is 23.8 Å². The van der Waals surface area contributed by atoms with Gasteiger partial charge in [0.2, 0.25) is 0 Å². The number of rotatable bonds is 5. The van der Waals surface area contributed by atoms with Crippen LogP contribution in [0.5, 0.6) is 5.75 Å². The summed E-state index contributed by atoms with van der Waals surface area (Å²) in [6.07, 6.45) is 0. The zero-order valence-corrected chi connectivity index (χ0v) is 15.2. The molecule has 2 amide bonds. The van der Waals surface area contributed by atoms with Gasteiger partial charge in [0, 0.05) is 0 Å². The van der Waals surface area contributed by atoms with E-state index in [9.17, 15) is 19.1 Å². The lowest BCUT2D eigenvalue weighted by atomic mass is 10.1. The smallest absolute Gasteiger partial charge is 0.301 e. The molecule has 0 saturated heterocycles. The van der Waals surface area contributed by atoms with Crippen LogP contribution in [-0.2, 0) is 16.2 Å². The Morgan fingerprint density at radius 1 is 0.828 bits per heavy atom. The van der Waals surface area contributed by atoms with Gasteiger partial charge in [-0.05, 0) is 47.5 Å². The first-order valence-corrected chi connectivity index (χ1v) is 8.89. The number of hydrogen-bond donors (Lipinski definition) is 1. The number of aliphatic hydroxyl groups excluding tert-OH is 1. The molecule has 144 valence electrons. The summed E-state index contributed by atoms with van der Waals surface area (Å²) in [5.41, 5.74) is 1.43. The third-order valence-electron chi connectivity index (χ3n) is 4.54. The van der Waals surface area contributed by atoms with Crippen LogP contribution < -0.4 is 9.64 Å². The van der Waals surface area contributed by atoms with Gasteiger partial charge >= 0.3 is 5.91 Å². The lowest BCUT2D eigenvalue weighted by Gasteiger charge is -2.15. The molecule has 0 bridgehead atoms. The molecule has 0 saturated carbocycles. The van der Waals surface area contributed by atoms with Crippen molar-refractivity contribution in [2.24, 2.45) is 0 Å². The lowest BCUT2D eigenvalue weighted by Crippen LogP contribution is -2.31. The molecule has 1 aliphatic rings. The average molecular weight is 389 g/mol. The maximum atomic E-state index is 13.1. The van der Waals surface area contributed by atoms with Gasteiger partial charge in [0.15, 0.2) is 5.76 Å². The number of nitrogens with zero attached hydrogens (tertiary/aromatic N) is 1. The second-order valence-electron chi connectivity index (χ2n) is 6.44. The van der Waals surface area contributed by atoms with Gasteiger partial charge in [-0.2, -0.15) is 0 Å². The van der Waals surface area contributed by atoms with Crippen LogP contribution >= 0.6 is 0 Å². The number of halogens is 1. The Hall–Kier alpha value is -3.93. The molecule has 0 aliphatic carbocycles. The maximum absolute atomic E-state index is 13.1. The van der Waals surface area contributed by atoms with Gasteiger partial charge in [-0.25, -0.2) is 9.29 Å². The third kappa shape index (κ3) is 3.60. The van der Waals surface area contributed by atoms with Crippen molar-refractivity contribution in [3.63, 3.8) is 0 Å². The second kappa shape index (κ2) is 7.59. The number of hydrogen-bond acceptors (Lipinski definition) is 4. The van der Waals surface area contributed by atoms with Gasteiger partial charge in [0.1, 0.15) is 18.2 Å². The summed E-state index contributed by atoms with van der Waals surface area (Å²) in [5, 5.41) is 10.2. The topological polar surface area (TPSA) is 66.8 Å². The molecule has 29 heavy (non-hydrogen) atoms. The summed E-state index contributed by atoms with van der Waals surface area (Å²) in [6, 6.07) is 21.1. The predicted molar refractivity (Wildman–Crippen MR) is 106 cm³/mol. The molecule has 0 unspecified atom stereocenters. The van der Waals surface area contributed by atoms with Crippen LogP contribution in [0, 0.1) is 5.82 Å². The van der Waals surface area contributed by atoms with E-state index in [0.717, 1.165) is 22.6 Å². The Labute approximate surface area is 166 Å². The van der Waals surface area contributed by atoms with Crippen LogP contribution in [0.3, 0.4) is 0 Å². The minimum atomic E-state index is -0.827. The molecule has 3 aromatic carbocycles. The molecule has 0 aromatic heterocycles. The summed E-state index contributed by atoms with van der Waals surface area (Å²) in [5.74, 6) is -2.06. The molecule has 6 heteroatoms. The van der Waals surface area contributed by atoms with Crippen LogP contribution in [0.15, 0.2) is 84.6 Å². The molecule has 0 spiro atoms. The van der Waals surface area contributed by atoms with Crippen molar-refractivity contribution in [3.05, 3.63) is 102 Å². The number of aliphatic hydroxyl groups is 1. The molecular formula is C23H16FNO4. The molecule has 0 radical (unpaired) electrons. The van der Waals surface area contributed by atoms with Gasteiger partial charge in [-0.1, -0.05) is 42.5 Å². The van der Waals surface area contributed by atoms with E-state index < -0.39 is 23.4 Å². The zero-order valence-electron chi connectivity index (χ0n) is 15.2. The van der Waals surface area contributed by atoms with Crippen molar-refractivity contribution in [1.29, 1.82) is 0 Å². The standard InChI is InChI=1S/C23H16FNO4/c24-17-8-6-16(7-9-17)20-21(26)23(28)25(22(20)27)18-10-12-19(13-11-18)29-14-15-4-2-1-3-5-15/h1-13,26H,14H2. The maximum Gasteiger partial charge on any atom is 0.301 e. The summed E-state index contributed by atoms with van der Waals surface area (Å²) in [4.78, 5) is 26.1. The van der Waals surface area contributed by atoms with E-state index in [-0.39, 0.29) is 11.1 Å². The van der Waals surface area contributed by atoms with E-state index in [4.69, 9.17) is 4.74 Å². The Kier molecular flexibility index (Phi) is 4.83. The fourth-order valence-corrected chi connectivity index (χ4v) is 3.06. The highest BCUT2D eigenvalue weighted by atomic mass is 19.1. The van der Waals surface area contributed by atoms with E-state index in [1.54, 1.807) is 24.3 Å². The summed E-state index contributed by atoms with van der Waals surface area (Å²) >= 11 is 0. The van der Waals surface area contributed by atoms with Crippen molar-refractivity contribution in [3.8, 4) is 5.75 Å². The fourth-order valence-electron chi connectivity index (χ4n) is 3.06. The van der Waals surface area contributed by atoms with E-state index in [1.807, 2.05) is 30.3 Å². The van der Waals surface area contributed by atoms with Gasteiger partial charge in [0.25, 0.3) is 5.91 Å². The predicted octanol–water partition coefficient (Wildman–Crippen LogP) is 4.25. The highest BCUT2D eigenvalue weighted by Gasteiger charge is 2.40. The SMILES string of the molecule is O=C1C(O)=C(c2ccc(F)cc2)C(=O)N1c1ccc(OCc2ccccc2)cc1. The summed E-state index contributed by atoms with van der Waals surface area (Å²) < 4.78 is 18.8. The normalized spacial score (nSPS) is 13.9. The number of imide groups is 1. The Morgan fingerprint density at radius 3 is 2.14 bits per heavy atom. The number of carbonyl (C=O) groups is 2. The number of carbonyl (C=O) groups excluding carboxylic acids is 2. The van der Waals surface area contributed by atoms with Crippen LogP contribution in [0.25, 0.3) is 5.57 Å². The first-order chi connectivity index (χ1) is 14.0. The van der Waals surface area contributed by atoms with Crippen LogP contribution in [0.4, 0.5) is 10.1 Å². The zero-order chi connectivity index (χ0) is 20.4. The highest BCUT2D eigenvalue weighted by molar-refractivity contribution is 6.44. The highest BCUT2D eigenvalue weighted by Crippen LogP contribution is 2.32. The first-order valence-electron chi connectivity index (χ1n) is 8.89. The number of anilines is 1. The molecule has 3 aromatic rings.